The van der Waals surface area contributed by atoms with E-state index in [0.29, 0.717) is 12.8 Å². The molecule has 1 atom stereocenters. The standard InChI is InChI=1S/C8H15NO3S/c1-9-7(10)6-13-8(11)4-3-5-12-2/h3-6H2,1-2H3,(H,9,10)/i2TD. The Morgan fingerprint density at radius 3 is 3.15 bits per heavy atom. The van der Waals surface area contributed by atoms with Crippen LogP contribution in [0.15, 0.2) is 0 Å². The number of hydrogen-bond donors (Lipinski definition) is 1. The van der Waals surface area contributed by atoms with Gasteiger partial charge in [0.1, 0.15) is 0 Å². The van der Waals surface area contributed by atoms with E-state index in [0.717, 1.165) is 11.8 Å². The van der Waals surface area contributed by atoms with Gasteiger partial charge in [0.25, 0.3) is 0 Å². The van der Waals surface area contributed by atoms with Crippen molar-refractivity contribution < 1.29 is 17.1 Å². The zero-order chi connectivity index (χ0) is 11.7. The highest BCUT2D eigenvalue weighted by Crippen LogP contribution is 2.06. The Hall–Kier alpha value is -0.550. The van der Waals surface area contributed by atoms with Crippen molar-refractivity contribution in [3.8, 4) is 0 Å². The molecular formula is C8H15NO3S. The molecule has 4 nitrogen and oxygen atoms in total. The third-order valence-corrected chi connectivity index (χ3v) is 2.22. The molecule has 0 aromatic rings. The van der Waals surface area contributed by atoms with Crippen LogP contribution in [-0.2, 0) is 14.3 Å². The fourth-order valence-corrected chi connectivity index (χ4v) is 1.32. The van der Waals surface area contributed by atoms with E-state index < -0.39 is 7.06 Å². The van der Waals surface area contributed by atoms with E-state index in [2.05, 4.69) is 10.1 Å². The molecule has 0 aromatic heterocycles. The summed E-state index contributed by atoms with van der Waals surface area (Å²) in [5.41, 5.74) is 0. The quantitative estimate of drug-likeness (QED) is 0.643. The molecule has 0 aromatic carbocycles. The second-order valence-corrected chi connectivity index (χ2v) is 3.34. The molecule has 0 saturated carbocycles. The van der Waals surface area contributed by atoms with Crippen molar-refractivity contribution in [2.24, 2.45) is 0 Å². The Kier molecular flexibility index (Phi) is 5.60. The Morgan fingerprint density at radius 1 is 1.77 bits per heavy atom. The first-order valence-electron chi connectivity index (χ1n) is 5.04. The third-order valence-electron chi connectivity index (χ3n) is 1.29. The van der Waals surface area contributed by atoms with Gasteiger partial charge in [-0.3, -0.25) is 9.59 Å². The summed E-state index contributed by atoms with van der Waals surface area (Å²) < 4.78 is 18.1. The summed E-state index contributed by atoms with van der Waals surface area (Å²) in [6.07, 6.45) is 0.780. The number of ether oxygens (including phenoxy) is 1. The molecule has 0 radical (unpaired) electrons. The number of carbonyl (C=O) groups excluding carboxylic acids is 2. The Labute approximate surface area is 85.2 Å². The molecular weight excluding hydrogens is 190 g/mol. The zero-order valence-electron chi connectivity index (χ0n) is 9.54. The number of amides is 1. The minimum absolute atomic E-state index is 0.0753. The van der Waals surface area contributed by atoms with E-state index in [1.165, 1.54) is 7.05 Å². The second kappa shape index (κ2) is 8.07. The lowest BCUT2D eigenvalue weighted by Gasteiger charge is -1.99. The molecule has 0 rings (SSSR count). The van der Waals surface area contributed by atoms with E-state index in [9.17, 15) is 9.59 Å². The van der Waals surface area contributed by atoms with E-state index in [4.69, 9.17) is 2.74 Å². The van der Waals surface area contributed by atoms with Crippen molar-refractivity contribution >= 4 is 22.8 Å². The number of thioether (sulfide) groups is 1. The van der Waals surface area contributed by atoms with Crippen LogP contribution in [0, 0.1) is 0 Å². The lowest BCUT2D eigenvalue weighted by molar-refractivity contribution is -0.118. The molecule has 0 fully saturated rings. The minimum atomic E-state index is -1.29. The van der Waals surface area contributed by atoms with Crippen LogP contribution in [0.25, 0.3) is 0 Å². The topological polar surface area (TPSA) is 55.4 Å². The van der Waals surface area contributed by atoms with Gasteiger partial charge < -0.3 is 10.1 Å². The minimum Gasteiger partial charge on any atom is -0.385 e. The van der Waals surface area contributed by atoms with Crippen LogP contribution < -0.4 is 5.32 Å². The SMILES string of the molecule is [2H]C([3H])OCCCC(=O)SCC(=O)NC. The van der Waals surface area contributed by atoms with E-state index in [1.807, 2.05) is 0 Å². The Morgan fingerprint density at radius 2 is 2.54 bits per heavy atom. The number of methoxy groups -OCH3 is 1. The molecule has 0 bridgehead atoms. The monoisotopic (exact) mass is 208 g/mol. The highest BCUT2D eigenvalue weighted by molar-refractivity contribution is 8.14. The van der Waals surface area contributed by atoms with E-state index in [-0.39, 0.29) is 23.4 Å². The van der Waals surface area contributed by atoms with Crippen molar-refractivity contribution in [2.45, 2.75) is 12.8 Å². The van der Waals surface area contributed by atoms with Crippen LogP contribution in [0.1, 0.15) is 15.6 Å². The molecule has 0 saturated heterocycles. The summed E-state index contributed by atoms with van der Waals surface area (Å²) in [4.78, 5) is 21.9. The maximum absolute atomic E-state index is 11.1. The van der Waals surface area contributed by atoms with Gasteiger partial charge in [0.05, 0.1) is 8.49 Å². The molecule has 0 heterocycles. The molecule has 1 unspecified atom stereocenters. The van der Waals surface area contributed by atoms with Gasteiger partial charge in [-0.15, -0.1) is 0 Å². The molecule has 1 amide bonds. The van der Waals surface area contributed by atoms with Crippen molar-refractivity contribution in [3.05, 3.63) is 0 Å². The van der Waals surface area contributed by atoms with Crippen LogP contribution in [0.4, 0.5) is 0 Å². The van der Waals surface area contributed by atoms with Gasteiger partial charge >= 0.3 is 0 Å². The third kappa shape index (κ3) is 7.80. The number of rotatable bonds is 6. The molecule has 5 heteroatoms. The first-order chi connectivity index (χ1) is 7.06. The highest BCUT2D eigenvalue weighted by atomic mass is 32.2. The summed E-state index contributed by atoms with van der Waals surface area (Å²) in [7, 11) is 0.225. The van der Waals surface area contributed by atoms with Crippen LogP contribution in [-0.4, -0.2) is 37.5 Å². The number of nitrogens with one attached hydrogen (secondary N) is 1. The largest absolute Gasteiger partial charge is 0.385 e. The zero-order valence-corrected chi connectivity index (χ0v) is 8.36. The lowest BCUT2D eigenvalue weighted by atomic mass is 10.3. The summed E-state index contributed by atoms with van der Waals surface area (Å²) in [5.74, 6) is -0.0441. The highest BCUT2D eigenvalue weighted by Gasteiger charge is 2.05. The average molecular weight is 208 g/mol. The van der Waals surface area contributed by atoms with Gasteiger partial charge in [0.2, 0.25) is 5.91 Å². The molecule has 0 aliphatic rings. The predicted molar refractivity (Wildman–Crippen MR) is 52.6 cm³/mol. The van der Waals surface area contributed by atoms with Crippen LogP contribution in [0.5, 0.6) is 0 Å². The molecule has 1 N–H and O–H groups in total. The maximum atomic E-state index is 11.1. The van der Waals surface area contributed by atoms with Gasteiger partial charge in [-0.25, -0.2) is 0 Å². The Balaban J connectivity index is 3.37. The first kappa shape index (κ1) is 9.02. The van der Waals surface area contributed by atoms with Gasteiger partial charge in [-0.2, -0.15) is 0 Å². The van der Waals surface area contributed by atoms with Crippen molar-refractivity contribution in [2.75, 3.05) is 26.5 Å². The van der Waals surface area contributed by atoms with Crippen LogP contribution in [0.3, 0.4) is 0 Å². The fraction of sp³-hybridized carbons (Fsp3) is 0.750. The van der Waals surface area contributed by atoms with Crippen LogP contribution >= 0.6 is 11.8 Å². The first-order valence-corrected chi connectivity index (χ1v) is 4.87. The number of hydrogen-bond acceptors (Lipinski definition) is 4. The van der Waals surface area contributed by atoms with Gasteiger partial charge in [0.15, 0.2) is 5.12 Å². The van der Waals surface area contributed by atoms with Crippen LogP contribution in [0.2, 0.25) is 0 Å². The van der Waals surface area contributed by atoms with Crippen molar-refractivity contribution in [1.29, 1.82) is 0 Å². The number of carbonyl (C=O) groups is 2. The molecule has 0 aliphatic carbocycles. The van der Waals surface area contributed by atoms with E-state index in [1.54, 1.807) is 0 Å². The Bertz CT molecular complexity index is 214. The second-order valence-electron chi connectivity index (χ2n) is 2.31. The average Bonchev–Trinajstić information content (AvgIpc) is 2.20. The lowest BCUT2D eigenvalue weighted by Crippen LogP contribution is -2.20. The van der Waals surface area contributed by atoms with Crippen molar-refractivity contribution in [3.63, 3.8) is 0 Å². The van der Waals surface area contributed by atoms with Crippen molar-refractivity contribution in [1.82, 2.24) is 5.32 Å². The maximum Gasteiger partial charge on any atom is 0.230 e. The summed E-state index contributed by atoms with van der Waals surface area (Å²) >= 11 is 0.968. The molecule has 76 valence electrons. The smallest absolute Gasteiger partial charge is 0.230 e. The molecule has 0 aliphatic heterocycles. The van der Waals surface area contributed by atoms with E-state index >= 15 is 0 Å². The normalized spacial score (nSPS) is 14.2. The van der Waals surface area contributed by atoms with Gasteiger partial charge in [0, 0.05) is 27.1 Å². The fourth-order valence-electron chi connectivity index (χ4n) is 0.590. The summed E-state index contributed by atoms with van der Waals surface area (Å²) in [6.45, 7) is 0.226. The molecule has 0 spiro atoms. The van der Waals surface area contributed by atoms with Gasteiger partial charge in [-0.05, 0) is 6.42 Å². The predicted octanol–water partition coefficient (Wildman–Crippen LogP) is 0.419. The summed E-state index contributed by atoms with van der Waals surface area (Å²) in [5, 5.41) is 2.34. The van der Waals surface area contributed by atoms with Gasteiger partial charge in [-0.1, -0.05) is 11.8 Å². The summed E-state index contributed by atoms with van der Waals surface area (Å²) in [6, 6.07) is 0. The molecule has 13 heavy (non-hydrogen) atoms.